The van der Waals surface area contributed by atoms with Crippen molar-refractivity contribution in [3.05, 3.63) is 60.8 Å². The van der Waals surface area contributed by atoms with Gasteiger partial charge in [0.1, 0.15) is 13.2 Å². The second kappa shape index (κ2) is 55.0. The molecule has 3 N–H and O–H groups in total. The summed E-state index contributed by atoms with van der Waals surface area (Å²) in [6, 6.07) is -0.757. The van der Waals surface area contributed by atoms with Gasteiger partial charge < -0.3 is 19.8 Å². The SMILES string of the molecule is CC/C=C\C/C=C\C/C=C\C/C=C\C/C=C\CCCCCCCCCCCCCCCCCCCCCCCCCCCC(=O)NC(COP(=O)(O)OCC[N+](C)(C)C)C(O)CCCCCCCCCCCC. The van der Waals surface area contributed by atoms with Crippen molar-refractivity contribution in [3.8, 4) is 0 Å². The maximum Gasteiger partial charge on any atom is 0.472 e. The van der Waals surface area contributed by atoms with Crippen molar-refractivity contribution in [1.29, 1.82) is 0 Å². The van der Waals surface area contributed by atoms with Gasteiger partial charge in [-0.05, 0) is 57.8 Å². The average Bonchev–Trinajstić information content (AvgIpc) is 3.35. The molecule has 0 fully saturated rings. The zero-order chi connectivity index (χ0) is 53.5. The van der Waals surface area contributed by atoms with E-state index in [-0.39, 0.29) is 19.1 Å². The van der Waals surface area contributed by atoms with E-state index in [1.54, 1.807) is 0 Å². The third kappa shape index (κ3) is 57.7. The van der Waals surface area contributed by atoms with Crippen LogP contribution in [0.1, 0.15) is 290 Å². The van der Waals surface area contributed by atoms with E-state index in [0.29, 0.717) is 23.9 Å². The molecule has 8 nitrogen and oxygen atoms in total. The second-order valence-corrected chi connectivity index (χ2v) is 23.9. The minimum atomic E-state index is -4.31. The molecule has 0 aliphatic rings. The Morgan fingerprint density at radius 3 is 1.21 bits per heavy atom. The summed E-state index contributed by atoms with van der Waals surface area (Å²) in [6.45, 7) is 4.77. The molecule has 0 bridgehead atoms. The van der Waals surface area contributed by atoms with E-state index in [9.17, 15) is 19.4 Å². The molecule has 0 saturated carbocycles. The lowest BCUT2D eigenvalue weighted by Crippen LogP contribution is -2.46. The van der Waals surface area contributed by atoms with Crippen LogP contribution >= 0.6 is 7.82 Å². The molecule has 1 amide bonds. The highest BCUT2D eigenvalue weighted by Gasteiger charge is 2.28. The molecule has 0 saturated heterocycles. The molecule has 73 heavy (non-hydrogen) atoms. The van der Waals surface area contributed by atoms with Gasteiger partial charge in [-0.2, -0.15) is 0 Å². The zero-order valence-corrected chi connectivity index (χ0v) is 49.8. The molecule has 0 spiro atoms. The molecule has 3 unspecified atom stereocenters. The quantitative estimate of drug-likeness (QED) is 0.0243. The van der Waals surface area contributed by atoms with E-state index >= 15 is 0 Å². The first-order chi connectivity index (χ1) is 35.5. The van der Waals surface area contributed by atoms with E-state index in [4.69, 9.17) is 9.05 Å². The normalized spacial score (nSPS) is 14.2. The standard InChI is InChI=1S/C64H121N2O6P/c1-6-8-10-12-14-16-18-19-20-21-22-23-24-25-26-27-28-29-30-31-32-33-34-35-36-37-38-39-40-41-42-43-44-45-46-47-48-50-52-54-56-58-64(68)65-62(61-72-73(69,70)71-60-59-66(3,4)5)63(67)57-55-53-51-49-17-15-13-11-9-7-2/h8,10,14,16,19-20,22-23,25-26,62-63,67H,6-7,9,11-13,15,17-18,21,24,27-61H2,1-5H3,(H-,65,68,69,70)/p+1/b10-8-,16-14-,20-19-,23-22-,26-25-. The third-order valence-electron chi connectivity index (χ3n) is 14.0. The number of unbranched alkanes of at least 4 members (excludes halogenated alkanes) is 34. The number of rotatable bonds is 57. The number of quaternary nitrogens is 1. The van der Waals surface area contributed by atoms with Crippen LogP contribution < -0.4 is 5.32 Å². The number of nitrogens with one attached hydrogen (secondary N) is 1. The van der Waals surface area contributed by atoms with Crippen molar-refractivity contribution in [2.24, 2.45) is 0 Å². The first kappa shape index (κ1) is 71.2. The lowest BCUT2D eigenvalue weighted by Gasteiger charge is -2.26. The van der Waals surface area contributed by atoms with Gasteiger partial charge in [-0.3, -0.25) is 13.8 Å². The predicted octanol–water partition coefficient (Wildman–Crippen LogP) is 19.3. The number of allylic oxidation sites excluding steroid dienone is 10. The number of phosphoric ester groups is 1. The summed E-state index contributed by atoms with van der Waals surface area (Å²) < 4.78 is 23.7. The fraction of sp³-hybridized carbons (Fsp3) is 0.828. The molecule has 0 aliphatic heterocycles. The highest BCUT2D eigenvalue weighted by atomic mass is 31.2. The Morgan fingerprint density at radius 1 is 0.479 bits per heavy atom. The fourth-order valence-corrected chi connectivity index (χ4v) is 9.93. The van der Waals surface area contributed by atoms with Gasteiger partial charge in [0, 0.05) is 6.42 Å². The van der Waals surface area contributed by atoms with Crippen molar-refractivity contribution in [1.82, 2.24) is 5.32 Å². The maximum atomic E-state index is 13.0. The Hall–Kier alpha value is -1.80. The minimum Gasteiger partial charge on any atom is -0.391 e. The van der Waals surface area contributed by atoms with E-state index in [2.05, 4.69) is 79.9 Å². The molecule has 0 aromatic heterocycles. The van der Waals surface area contributed by atoms with Crippen molar-refractivity contribution >= 4 is 13.7 Å². The highest BCUT2D eigenvalue weighted by molar-refractivity contribution is 7.47. The van der Waals surface area contributed by atoms with Crippen LogP contribution in [0.3, 0.4) is 0 Å². The van der Waals surface area contributed by atoms with Gasteiger partial charge in [0.05, 0.1) is 39.9 Å². The molecule has 0 aromatic carbocycles. The molecular weight excluding hydrogens is 924 g/mol. The smallest absolute Gasteiger partial charge is 0.391 e. The first-order valence-electron chi connectivity index (χ1n) is 31.2. The number of carbonyl (C=O) groups is 1. The number of amides is 1. The number of hydrogen-bond donors (Lipinski definition) is 3. The van der Waals surface area contributed by atoms with Crippen LogP contribution in [0.15, 0.2) is 60.8 Å². The second-order valence-electron chi connectivity index (χ2n) is 22.4. The fourth-order valence-electron chi connectivity index (χ4n) is 9.19. The van der Waals surface area contributed by atoms with Crippen molar-refractivity contribution in [2.45, 2.75) is 302 Å². The summed E-state index contributed by atoms with van der Waals surface area (Å²) in [6.07, 6.45) is 74.7. The zero-order valence-electron chi connectivity index (χ0n) is 48.9. The summed E-state index contributed by atoms with van der Waals surface area (Å²) in [5.74, 6) is -0.142. The number of aliphatic hydroxyl groups is 1. The summed E-state index contributed by atoms with van der Waals surface area (Å²) in [7, 11) is 1.62. The summed E-state index contributed by atoms with van der Waals surface area (Å²) >= 11 is 0. The number of nitrogens with zero attached hydrogens (tertiary/aromatic N) is 1. The molecule has 0 heterocycles. The lowest BCUT2D eigenvalue weighted by atomic mass is 10.0. The van der Waals surface area contributed by atoms with Crippen LogP contribution in [-0.4, -0.2) is 73.4 Å². The first-order valence-corrected chi connectivity index (χ1v) is 32.6. The van der Waals surface area contributed by atoms with Crippen LogP contribution in [0.5, 0.6) is 0 Å². The van der Waals surface area contributed by atoms with Gasteiger partial charge in [-0.1, -0.05) is 286 Å². The summed E-state index contributed by atoms with van der Waals surface area (Å²) in [4.78, 5) is 23.3. The van der Waals surface area contributed by atoms with Gasteiger partial charge >= 0.3 is 7.82 Å². The number of carbonyl (C=O) groups excluding carboxylic acids is 1. The Bertz CT molecular complexity index is 1370. The van der Waals surface area contributed by atoms with Gasteiger partial charge in [0.25, 0.3) is 0 Å². The van der Waals surface area contributed by atoms with E-state index in [1.165, 1.54) is 193 Å². The molecule has 428 valence electrons. The largest absolute Gasteiger partial charge is 0.472 e. The van der Waals surface area contributed by atoms with Crippen molar-refractivity contribution in [2.75, 3.05) is 40.9 Å². The highest BCUT2D eigenvalue weighted by Crippen LogP contribution is 2.43. The van der Waals surface area contributed by atoms with Crippen LogP contribution in [0, 0.1) is 0 Å². The van der Waals surface area contributed by atoms with Gasteiger partial charge in [0.15, 0.2) is 0 Å². The van der Waals surface area contributed by atoms with Gasteiger partial charge in [-0.15, -0.1) is 0 Å². The van der Waals surface area contributed by atoms with Crippen molar-refractivity contribution < 1.29 is 32.9 Å². The van der Waals surface area contributed by atoms with Crippen LogP contribution in [0.25, 0.3) is 0 Å². The van der Waals surface area contributed by atoms with Gasteiger partial charge in [0.2, 0.25) is 5.91 Å². The van der Waals surface area contributed by atoms with Crippen LogP contribution in [0.2, 0.25) is 0 Å². The van der Waals surface area contributed by atoms with E-state index in [0.717, 1.165) is 70.6 Å². The molecule has 0 rings (SSSR count). The Balaban J connectivity index is 3.79. The minimum absolute atomic E-state index is 0.0758. The number of hydrogen-bond acceptors (Lipinski definition) is 5. The molecule has 3 atom stereocenters. The number of likely N-dealkylation sites (N-methyl/N-ethyl adjacent to an activating group) is 1. The Morgan fingerprint density at radius 2 is 0.822 bits per heavy atom. The third-order valence-corrected chi connectivity index (χ3v) is 15.0. The van der Waals surface area contributed by atoms with Crippen LogP contribution in [0.4, 0.5) is 0 Å². The summed E-state index contributed by atoms with van der Waals surface area (Å²) in [5.41, 5.74) is 0. The number of phosphoric acid groups is 1. The Kier molecular flexibility index (Phi) is 53.6. The molecule has 9 heteroatoms. The molecule has 0 aliphatic carbocycles. The molecule has 0 radical (unpaired) electrons. The number of aliphatic hydroxyl groups excluding tert-OH is 1. The molecule has 0 aromatic rings. The van der Waals surface area contributed by atoms with Crippen LogP contribution in [-0.2, 0) is 18.4 Å². The Labute approximate surface area is 453 Å². The lowest BCUT2D eigenvalue weighted by molar-refractivity contribution is -0.870. The summed E-state index contributed by atoms with van der Waals surface area (Å²) in [5, 5.41) is 14.0. The topological polar surface area (TPSA) is 105 Å². The van der Waals surface area contributed by atoms with E-state index in [1.807, 2.05) is 21.1 Å². The maximum absolute atomic E-state index is 13.0. The van der Waals surface area contributed by atoms with Gasteiger partial charge in [-0.25, -0.2) is 4.57 Å². The average molecular weight is 1050 g/mol. The predicted molar refractivity (Wildman–Crippen MR) is 318 cm³/mol. The molecular formula is C64H122N2O6P+. The monoisotopic (exact) mass is 1050 g/mol. The van der Waals surface area contributed by atoms with E-state index < -0.39 is 20.0 Å². The van der Waals surface area contributed by atoms with Crippen molar-refractivity contribution in [3.63, 3.8) is 0 Å².